The molecule has 0 aromatic carbocycles. The van der Waals surface area contributed by atoms with Crippen LogP contribution >= 0.6 is 0 Å². The number of anilines is 2. The van der Waals surface area contributed by atoms with Crippen molar-refractivity contribution in [1.29, 1.82) is 0 Å². The Morgan fingerprint density at radius 1 is 1.53 bits per heavy atom. The van der Waals surface area contributed by atoms with Crippen LogP contribution < -0.4 is 11.1 Å². The Kier molecular flexibility index (Phi) is 3.57. The first-order chi connectivity index (χ1) is 6.96. The molecule has 1 aromatic heterocycles. The molecular weight excluding hydrogens is 218 g/mol. The first-order valence-electron chi connectivity index (χ1n) is 4.66. The fraction of sp³-hybridized carbons (Fsp3) is 0.625. The Labute approximate surface area is 88.7 Å². The summed E-state index contributed by atoms with van der Waals surface area (Å²) in [5, 5.41) is 6.44. The van der Waals surface area contributed by atoms with Crippen molar-refractivity contribution in [3.8, 4) is 0 Å². The van der Waals surface area contributed by atoms with Gasteiger partial charge in [0.15, 0.2) is 20.6 Å². The smallest absolute Gasteiger partial charge is 0.243 e. The monoisotopic (exact) mass is 233 g/mol. The highest BCUT2D eigenvalue weighted by Gasteiger charge is 2.22. The Hall–Kier alpha value is -1.24. The topological polar surface area (TPSA) is 98.2 Å². The molecule has 0 spiro atoms. The minimum atomic E-state index is -3.40. The number of rotatable bonds is 5. The lowest BCUT2D eigenvalue weighted by molar-refractivity contribution is 0.437. The molecule has 3 N–H and O–H groups in total. The summed E-state index contributed by atoms with van der Waals surface area (Å²) >= 11 is 0. The van der Waals surface area contributed by atoms with Crippen molar-refractivity contribution in [1.82, 2.24) is 5.16 Å². The highest BCUT2D eigenvalue weighted by atomic mass is 32.2. The maximum atomic E-state index is 11.3. The molecule has 0 saturated carbocycles. The Morgan fingerprint density at radius 3 is 2.73 bits per heavy atom. The first kappa shape index (κ1) is 11.8. The molecule has 0 fully saturated rings. The molecule has 1 aromatic rings. The summed E-state index contributed by atoms with van der Waals surface area (Å²) in [6.45, 7) is 2.68. The van der Waals surface area contributed by atoms with Crippen molar-refractivity contribution < 1.29 is 12.9 Å². The van der Waals surface area contributed by atoms with Crippen LogP contribution in [-0.2, 0) is 9.84 Å². The Morgan fingerprint density at radius 2 is 2.20 bits per heavy atom. The minimum absolute atomic E-state index is 0.0568. The SMILES string of the molecule is CCCCNc1noc(N)c1S(C)(=O)=O. The Bertz CT molecular complexity index is 424. The van der Waals surface area contributed by atoms with Crippen molar-refractivity contribution in [2.45, 2.75) is 24.7 Å². The van der Waals surface area contributed by atoms with Gasteiger partial charge in [-0.15, -0.1) is 0 Å². The highest BCUT2D eigenvalue weighted by molar-refractivity contribution is 7.91. The predicted molar refractivity (Wildman–Crippen MR) is 57.4 cm³/mol. The number of nitrogens with zero attached hydrogens (tertiary/aromatic N) is 1. The summed E-state index contributed by atoms with van der Waals surface area (Å²) in [7, 11) is -3.40. The van der Waals surface area contributed by atoms with Gasteiger partial charge in [0.25, 0.3) is 0 Å². The molecule has 0 radical (unpaired) electrons. The summed E-state index contributed by atoms with van der Waals surface area (Å²) in [5.41, 5.74) is 5.38. The van der Waals surface area contributed by atoms with E-state index in [1.807, 2.05) is 6.92 Å². The van der Waals surface area contributed by atoms with Crippen LogP contribution in [0.5, 0.6) is 0 Å². The standard InChI is InChI=1S/C8H15N3O3S/c1-3-4-5-10-8-6(15(2,12)13)7(9)14-11-8/h3-5,9H2,1-2H3,(H,10,11). The fourth-order valence-electron chi connectivity index (χ4n) is 1.15. The van der Waals surface area contributed by atoms with Gasteiger partial charge >= 0.3 is 0 Å². The van der Waals surface area contributed by atoms with Crippen molar-refractivity contribution in [3.05, 3.63) is 0 Å². The lowest BCUT2D eigenvalue weighted by Gasteiger charge is -2.02. The van der Waals surface area contributed by atoms with Gasteiger partial charge in [0.2, 0.25) is 5.88 Å². The van der Waals surface area contributed by atoms with Gasteiger partial charge in [0, 0.05) is 12.8 Å². The van der Waals surface area contributed by atoms with Crippen LogP contribution in [-0.4, -0.2) is 26.4 Å². The molecule has 1 rings (SSSR count). The normalized spacial score (nSPS) is 11.6. The van der Waals surface area contributed by atoms with Crippen molar-refractivity contribution in [2.24, 2.45) is 0 Å². The second kappa shape index (κ2) is 4.52. The van der Waals surface area contributed by atoms with Gasteiger partial charge in [-0.1, -0.05) is 18.5 Å². The lowest BCUT2D eigenvalue weighted by atomic mass is 10.3. The molecule has 15 heavy (non-hydrogen) atoms. The third-order valence-corrected chi connectivity index (χ3v) is 3.00. The van der Waals surface area contributed by atoms with Crippen LogP contribution in [0.1, 0.15) is 19.8 Å². The fourth-order valence-corrected chi connectivity index (χ4v) is 2.01. The van der Waals surface area contributed by atoms with Crippen LogP contribution in [0.25, 0.3) is 0 Å². The van der Waals surface area contributed by atoms with Gasteiger partial charge < -0.3 is 15.6 Å². The number of nitrogens with one attached hydrogen (secondary N) is 1. The average Bonchev–Trinajstić information content (AvgIpc) is 2.47. The summed E-state index contributed by atoms with van der Waals surface area (Å²) in [5.74, 6) is 0.0277. The molecular formula is C8H15N3O3S. The van der Waals surface area contributed by atoms with E-state index in [1.54, 1.807) is 0 Å². The first-order valence-corrected chi connectivity index (χ1v) is 6.55. The zero-order valence-electron chi connectivity index (χ0n) is 8.78. The van der Waals surface area contributed by atoms with Crippen molar-refractivity contribution in [3.63, 3.8) is 0 Å². The second-order valence-corrected chi connectivity index (χ2v) is 5.23. The van der Waals surface area contributed by atoms with E-state index in [2.05, 4.69) is 15.0 Å². The van der Waals surface area contributed by atoms with Crippen molar-refractivity contribution >= 4 is 21.5 Å². The quantitative estimate of drug-likeness (QED) is 0.732. The lowest BCUT2D eigenvalue weighted by Crippen LogP contribution is -2.07. The highest BCUT2D eigenvalue weighted by Crippen LogP contribution is 2.26. The number of hydrogen-bond donors (Lipinski definition) is 2. The third kappa shape index (κ3) is 2.85. The van der Waals surface area contributed by atoms with E-state index in [0.29, 0.717) is 6.54 Å². The molecule has 0 atom stereocenters. The minimum Gasteiger partial charge on any atom is -0.366 e. The van der Waals surface area contributed by atoms with Crippen molar-refractivity contribution in [2.75, 3.05) is 23.9 Å². The van der Waals surface area contributed by atoms with E-state index in [-0.39, 0.29) is 16.6 Å². The number of nitrogens with two attached hydrogens (primary N) is 1. The summed E-state index contributed by atoms with van der Waals surface area (Å²) in [4.78, 5) is -0.0568. The summed E-state index contributed by atoms with van der Waals surface area (Å²) < 4.78 is 27.3. The van der Waals surface area contributed by atoms with Crippen LogP contribution in [0.15, 0.2) is 9.42 Å². The molecule has 7 heteroatoms. The van der Waals surface area contributed by atoms with E-state index in [1.165, 1.54) is 0 Å². The van der Waals surface area contributed by atoms with Gasteiger partial charge in [0.1, 0.15) is 0 Å². The molecule has 0 aliphatic rings. The zero-order chi connectivity index (χ0) is 11.5. The van der Waals surface area contributed by atoms with E-state index >= 15 is 0 Å². The van der Waals surface area contributed by atoms with E-state index in [0.717, 1.165) is 19.1 Å². The molecule has 0 unspecified atom stereocenters. The maximum absolute atomic E-state index is 11.3. The molecule has 0 aliphatic heterocycles. The number of unbranched alkanes of at least 4 members (excludes halogenated alkanes) is 1. The van der Waals surface area contributed by atoms with Gasteiger partial charge in [0.05, 0.1) is 0 Å². The number of nitrogen functional groups attached to an aromatic ring is 1. The molecule has 0 aliphatic carbocycles. The predicted octanol–water partition coefficient (Wildman–Crippen LogP) is 0.872. The van der Waals surface area contributed by atoms with Gasteiger partial charge in [-0.3, -0.25) is 0 Å². The largest absolute Gasteiger partial charge is 0.366 e. The van der Waals surface area contributed by atoms with E-state index in [9.17, 15) is 8.42 Å². The number of aromatic nitrogens is 1. The summed E-state index contributed by atoms with van der Waals surface area (Å²) in [6, 6.07) is 0. The van der Waals surface area contributed by atoms with Crippen LogP contribution in [0.4, 0.5) is 11.7 Å². The summed E-state index contributed by atoms with van der Waals surface area (Å²) in [6.07, 6.45) is 3.01. The second-order valence-electron chi connectivity index (χ2n) is 3.28. The van der Waals surface area contributed by atoms with Crippen LogP contribution in [0, 0.1) is 0 Å². The Balaban J connectivity index is 2.90. The van der Waals surface area contributed by atoms with Crippen LogP contribution in [0.2, 0.25) is 0 Å². The third-order valence-electron chi connectivity index (χ3n) is 1.87. The molecule has 6 nitrogen and oxygen atoms in total. The average molecular weight is 233 g/mol. The molecule has 1 heterocycles. The number of sulfone groups is 1. The molecule has 0 saturated heterocycles. The molecule has 0 amide bonds. The zero-order valence-corrected chi connectivity index (χ0v) is 9.60. The van der Waals surface area contributed by atoms with E-state index < -0.39 is 9.84 Å². The molecule has 0 bridgehead atoms. The number of hydrogen-bond acceptors (Lipinski definition) is 6. The van der Waals surface area contributed by atoms with E-state index in [4.69, 9.17) is 5.73 Å². The maximum Gasteiger partial charge on any atom is 0.243 e. The van der Waals surface area contributed by atoms with Gasteiger partial charge in [-0.25, -0.2) is 8.42 Å². The van der Waals surface area contributed by atoms with Gasteiger partial charge in [-0.2, -0.15) is 0 Å². The molecule has 86 valence electrons. The van der Waals surface area contributed by atoms with Gasteiger partial charge in [-0.05, 0) is 6.42 Å². The van der Waals surface area contributed by atoms with Crippen LogP contribution in [0.3, 0.4) is 0 Å².